The molecule has 1 atom stereocenters. The normalized spacial score (nSPS) is 17.3. The summed E-state index contributed by atoms with van der Waals surface area (Å²) in [5.74, 6) is 1.27. The molecule has 2 aliphatic rings. The molecule has 0 spiro atoms. The zero-order valence-electron chi connectivity index (χ0n) is 22.6. The molecule has 194 valence electrons. The zero-order chi connectivity index (χ0) is 26.2. The number of hydrogen-bond acceptors (Lipinski definition) is 6. The second kappa shape index (κ2) is 10.1. The first kappa shape index (κ1) is 25.2. The molecular weight excluding hydrogens is 460 g/mol. The van der Waals surface area contributed by atoms with Crippen molar-refractivity contribution in [2.24, 2.45) is 0 Å². The lowest BCUT2D eigenvalue weighted by molar-refractivity contribution is 0.0951. The first-order valence-electron chi connectivity index (χ1n) is 13.3. The number of nitrogens with one attached hydrogen (secondary N) is 3. The van der Waals surface area contributed by atoms with Gasteiger partial charge in [-0.3, -0.25) is 4.79 Å². The van der Waals surface area contributed by atoms with E-state index in [4.69, 9.17) is 4.98 Å². The van der Waals surface area contributed by atoms with Crippen molar-refractivity contribution in [3.8, 4) is 0 Å². The molecule has 0 radical (unpaired) electrons. The summed E-state index contributed by atoms with van der Waals surface area (Å²) < 4.78 is 0. The number of aryl methyl sites for hydroxylation is 1. The molecular formula is C30H38N6O. The third kappa shape index (κ3) is 6.10. The minimum Gasteiger partial charge on any atom is -0.349 e. The van der Waals surface area contributed by atoms with Crippen LogP contribution in [0.5, 0.6) is 0 Å². The Morgan fingerprint density at radius 3 is 2.51 bits per heavy atom. The average Bonchev–Trinajstić information content (AvgIpc) is 3.67. The Kier molecular flexibility index (Phi) is 6.90. The maximum atomic E-state index is 13.0. The SMILES string of the molecule is CN(C)C1CCc2cc(Nc3cc(Nc4cccc(C(C)(C)C)n4)c(C(=O)NC4CC4)cn3)ccc2C1. The predicted molar refractivity (Wildman–Crippen MR) is 150 cm³/mol. The van der Waals surface area contributed by atoms with Crippen LogP contribution in [-0.4, -0.2) is 47.0 Å². The van der Waals surface area contributed by atoms with E-state index >= 15 is 0 Å². The van der Waals surface area contributed by atoms with E-state index in [1.54, 1.807) is 6.20 Å². The maximum Gasteiger partial charge on any atom is 0.255 e. The van der Waals surface area contributed by atoms with Gasteiger partial charge in [0.2, 0.25) is 0 Å². The summed E-state index contributed by atoms with van der Waals surface area (Å²) in [4.78, 5) is 24.7. The van der Waals surface area contributed by atoms with Gasteiger partial charge in [0.15, 0.2) is 0 Å². The topological polar surface area (TPSA) is 82.2 Å². The molecule has 2 aliphatic carbocycles. The van der Waals surface area contributed by atoms with Gasteiger partial charge in [-0.15, -0.1) is 0 Å². The standard InChI is InChI=1S/C30H38N6O/c1-30(2,3)26-7-6-8-27(35-26)34-25-17-28(31-18-24(25)29(37)33-21-12-13-21)32-22-11-9-20-16-23(36(4)5)14-10-19(20)15-22/h6-9,11,15,17-18,21,23H,10,12-14,16H2,1-5H3,(H,33,37)(H2,31,32,34,35). The van der Waals surface area contributed by atoms with Crippen molar-refractivity contribution >= 4 is 28.9 Å². The Morgan fingerprint density at radius 2 is 1.78 bits per heavy atom. The first-order chi connectivity index (χ1) is 17.7. The number of amides is 1. The second-order valence-electron chi connectivity index (χ2n) is 11.6. The van der Waals surface area contributed by atoms with Crippen LogP contribution in [0.3, 0.4) is 0 Å². The Bertz CT molecular complexity index is 1290. The number of hydrogen-bond donors (Lipinski definition) is 3. The number of carbonyl (C=O) groups excluding carboxylic acids is 1. The van der Waals surface area contributed by atoms with E-state index in [1.807, 2.05) is 24.3 Å². The smallest absolute Gasteiger partial charge is 0.255 e. The molecule has 2 heterocycles. The summed E-state index contributed by atoms with van der Waals surface area (Å²) in [5, 5.41) is 9.93. The Balaban J connectivity index is 1.40. The van der Waals surface area contributed by atoms with E-state index in [9.17, 15) is 4.79 Å². The van der Waals surface area contributed by atoms with Crippen LogP contribution in [-0.2, 0) is 18.3 Å². The van der Waals surface area contributed by atoms with Crippen LogP contribution in [0.4, 0.5) is 23.0 Å². The van der Waals surface area contributed by atoms with E-state index in [2.05, 4.69) is 78.9 Å². The lowest BCUT2D eigenvalue weighted by Gasteiger charge is -2.30. The van der Waals surface area contributed by atoms with Crippen molar-refractivity contribution in [1.29, 1.82) is 0 Å². The van der Waals surface area contributed by atoms with E-state index in [0.29, 0.717) is 28.9 Å². The van der Waals surface area contributed by atoms with Gasteiger partial charge < -0.3 is 20.9 Å². The van der Waals surface area contributed by atoms with Crippen LogP contribution in [0, 0.1) is 0 Å². The van der Waals surface area contributed by atoms with Crippen LogP contribution in [0.25, 0.3) is 0 Å². The second-order valence-corrected chi connectivity index (χ2v) is 11.6. The fourth-order valence-electron chi connectivity index (χ4n) is 4.76. The van der Waals surface area contributed by atoms with Crippen molar-refractivity contribution in [3.63, 3.8) is 0 Å². The molecule has 3 N–H and O–H groups in total. The number of likely N-dealkylation sites (N-methyl/N-ethyl adjacent to an activating group) is 1. The van der Waals surface area contributed by atoms with Gasteiger partial charge in [0.25, 0.3) is 5.91 Å². The van der Waals surface area contributed by atoms with Crippen LogP contribution >= 0.6 is 0 Å². The number of benzene rings is 1. The highest BCUT2D eigenvalue weighted by atomic mass is 16.1. The molecule has 3 aromatic rings. The van der Waals surface area contributed by atoms with E-state index < -0.39 is 0 Å². The lowest BCUT2D eigenvalue weighted by Crippen LogP contribution is -2.33. The summed E-state index contributed by atoms with van der Waals surface area (Å²) in [6, 6.07) is 15.3. The van der Waals surface area contributed by atoms with Crippen LogP contribution < -0.4 is 16.0 Å². The summed E-state index contributed by atoms with van der Waals surface area (Å²) in [7, 11) is 4.32. The molecule has 2 aromatic heterocycles. The molecule has 0 bridgehead atoms. The highest BCUT2D eigenvalue weighted by Crippen LogP contribution is 2.30. The highest BCUT2D eigenvalue weighted by molar-refractivity contribution is 6.00. The molecule has 5 rings (SSSR count). The number of pyridine rings is 2. The van der Waals surface area contributed by atoms with Crippen LogP contribution in [0.2, 0.25) is 0 Å². The van der Waals surface area contributed by atoms with Crippen molar-refractivity contribution in [3.05, 3.63) is 71.0 Å². The van der Waals surface area contributed by atoms with E-state index in [0.717, 1.165) is 37.1 Å². The summed E-state index contributed by atoms with van der Waals surface area (Å²) >= 11 is 0. The quantitative estimate of drug-likeness (QED) is 0.395. The van der Waals surface area contributed by atoms with Crippen molar-refractivity contribution < 1.29 is 4.79 Å². The number of carbonyl (C=O) groups is 1. The average molecular weight is 499 g/mol. The fraction of sp³-hybridized carbons (Fsp3) is 0.433. The lowest BCUT2D eigenvalue weighted by atomic mass is 9.87. The van der Waals surface area contributed by atoms with Gasteiger partial charge >= 0.3 is 0 Å². The summed E-state index contributed by atoms with van der Waals surface area (Å²) in [5.41, 5.74) is 5.92. The van der Waals surface area contributed by atoms with Crippen molar-refractivity contribution in [2.75, 3.05) is 24.7 Å². The predicted octanol–water partition coefficient (Wildman–Crippen LogP) is 5.57. The van der Waals surface area contributed by atoms with Gasteiger partial charge in [-0.2, -0.15) is 0 Å². The van der Waals surface area contributed by atoms with Gasteiger partial charge in [0.1, 0.15) is 11.6 Å². The Hall–Kier alpha value is -3.45. The van der Waals surface area contributed by atoms with Crippen LogP contribution in [0.15, 0.2) is 48.7 Å². The Morgan fingerprint density at radius 1 is 0.973 bits per heavy atom. The molecule has 0 aliphatic heterocycles. The molecule has 1 saturated carbocycles. The van der Waals surface area contributed by atoms with Crippen molar-refractivity contribution in [1.82, 2.24) is 20.2 Å². The van der Waals surface area contributed by atoms with Gasteiger partial charge in [-0.25, -0.2) is 9.97 Å². The number of fused-ring (bicyclic) bond motifs is 1. The maximum absolute atomic E-state index is 13.0. The molecule has 37 heavy (non-hydrogen) atoms. The fourth-order valence-corrected chi connectivity index (χ4v) is 4.76. The molecule has 7 nitrogen and oxygen atoms in total. The Labute approximate surface area is 220 Å². The minimum atomic E-state index is -0.111. The highest BCUT2D eigenvalue weighted by Gasteiger charge is 2.26. The minimum absolute atomic E-state index is 0.0756. The first-order valence-corrected chi connectivity index (χ1v) is 13.3. The van der Waals surface area contributed by atoms with Crippen LogP contribution in [0.1, 0.15) is 67.2 Å². The summed E-state index contributed by atoms with van der Waals surface area (Å²) in [6.07, 6.45) is 7.04. The van der Waals surface area contributed by atoms with Gasteiger partial charge in [0.05, 0.1) is 11.3 Å². The van der Waals surface area contributed by atoms with Crippen molar-refractivity contribution in [2.45, 2.75) is 70.4 Å². The van der Waals surface area contributed by atoms with Gasteiger partial charge in [0, 0.05) is 41.1 Å². The third-order valence-electron chi connectivity index (χ3n) is 7.25. The molecule has 7 heteroatoms. The molecule has 1 amide bonds. The monoisotopic (exact) mass is 498 g/mol. The van der Waals surface area contributed by atoms with Gasteiger partial charge in [-0.05, 0) is 81.6 Å². The molecule has 0 saturated heterocycles. The number of aromatic nitrogens is 2. The molecule has 1 unspecified atom stereocenters. The number of nitrogens with zero attached hydrogens (tertiary/aromatic N) is 3. The van der Waals surface area contributed by atoms with E-state index in [-0.39, 0.29) is 17.4 Å². The number of rotatable bonds is 7. The van der Waals surface area contributed by atoms with E-state index in [1.165, 1.54) is 17.5 Å². The zero-order valence-corrected chi connectivity index (χ0v) is 22.6. The third-order valence-corrected chi connectivity index (χ3v) is 7.25. The molecule has 1 fully saturated rings. The number of anilines is 4. The molecule has 1 aromatic carbocycles. The largest absolute Gasteiger partial charge is 0.349 e. The van der Waals surface area contributed by atoms with Gasteiger partial charge in [-0.1, -0.05) is 32.9 Å². The summed E-state index contributed by atoms with van der Waals surface area (Å²) in [6.45, 7) is 6.42.